The van der Waals surface area contributed by atoms with Gasteiger partial charge in [-0.05, 0) is 62.0 Å². The van der Waals surface area contributed by atoms with E-state index in [0.717, 1.165) is 50.7 Å². The molecule has 0 saturated carbocycles. The summed E-state index contributed by atoms with van der Waals surface area (Å²) in [6, 6.07) is 8.15. The number of methoxy groups -OCH3 is 2. The summed E-state index contributed by atoms with van der Waals surface area (Å²) in [7, 11) is 1.30. The van der Waals surface area contributed by atoms with Crippen molar-refractivity contribution in [1.82, 2.24) is 4.98 Å². The Balaban J connectivity index is 1.56. The molecule has 2 aliphatic rings. The standard InChI is InChI=1S/C43H67N3O6S3Si/c1-15-17-28(3)36(51-24-31-18-20-32(48-11)21-19-31)30(5)37(52-56(13,14)41(6,7)8)29(4)34(49-12)23-35-44-33(25-53-35)38-45-42(9,26-54-38)39-46-43(10,27-55-39)40(47)50-22-16-2/h16,18-21,25,28-30,34,36-37H,2,15,17,22-24,26-27H2,1,3-14H3/t28-,29+,30+,34+,36+,37+,42-,43-/m1/s1. The number of nitrogens with zero attached hydrogens (tertiary/aromatic N) is 3. The lowest BCUT2D eigenvalue weighted by Gasteiger charge is -2.46. The highest BCUT2D eigenvalue weighted by Gasteiger charge is 2.48. The van der Waals surface area contributed by atoms with Gasteiger partial charge in [0.25, 0.3) is 0 Å². The molecule has 3 heterocycles. The fourth-order valence-corrected chi connectivity index (χ4v) is 11.9. The highest BCUT2D eigenvalue weighted by atomic mass is 32.2. The number of carbonyl (C=O) groups excluding carboxylic acids is 1. The Hall–Kier alpha value is -2.00. The van der Waals surface area contributed by atoms with E-state index in [4.69, 9.17) is 38.3 Å². The van der Waals surface area contributed by atoms with Crippen LogP contribution in [0.25, 0.3) is 0 Å². The average molecular weight is 846 g/mol. The van der Waals surface area contributed by atoms with Gasteiger partial charge >= 0.3 is 5.97 Å². The van der Waals surface area contributed by atoms with Crippen molar-refractivity contribution in [3.05, 3.63) is 58.6 Å². The zero-order valence-corrected chi connectivity index (χ0v) is 39.6. The van der Waals surface area contributed by atoms with Crippen molar-refractivity contribution in [1.29, 1.82) is 0 Å². The number of benzene rings is 1. The van der Waals surface area contributed by atoms with Crippen molar-refractivity contribution >= 4 is 59.2 Å². The van der Waals surface area contributed by atoms with Crippen molar-refractivity contribution in [2.45, 2.75) is 136 Å². The summed E-state index contributed by atoms with van der Waals surface area (Å²) in [5, 5.41) is 4.91. The van der Waals surface area contributed by atoms with Crippen LogP contribution in [0.15, 0.2) is 52.3 Å². The van der Waals surface area contributed by atoms with E-state index in [-0.39, 0.29) is 47.8 Å². The number of thiazole rings is 1. The van der Waals surface area contributed by atoms with Gasteiger partial charge in [-0.3, -0.25) is 9.98 Å². The summed E-state index contributed by atoms with van der Waals surface area (Å²) >= 11 is 4.93. The van der Waals surface area contributed by atoms with Gasteiger partial charge in [-0.25, -0.2) is 9.78 Å². The Bertz CT molecular complexity index is 1680. The molecule has 0 radical (unpaired) electrons. The topological polar surface area (TPSA) is 101 Å². The van der Waals surface area contributed by atoms with Gasteiger partial charge in [0.05, 0.1) is 42.1 Å². The molecule has 1 aromatic heterocycles. The van der Waals surface area contributed by atoms with Crippen LogP contribution in [0.3, 0.4) is 0 Å². The van der Waals surface area contributed by atoms with Crippen molar-refractivity contribution < 1.29 is 28.2 Å². The van der Waals surface area contributed by atoms with Crippen LogP contribution >= 0.6 is 34.9 Å². The van der Waals surface area contributed by atoms with E-state index in [1.54, 1.807) is 48.0 Å². The van der Waals surface area contributed by atoms with Gasteiger partial charge in [-0.1, -0.05) is 79.7 Å². The Morgan fingerprint density at radius 1 is 1.02 bits per heavy atom. The molecule has 0 N–H and O–H groups in total. The first-order valence-electron chi connectivity index (χ1n) is 19.9. The predicted octanol–water partition coefficient (Wildman–Crippen LogP) is 10.3. The third kappa shape index (κ3) is 11.4. The molecule has 4 rings (SSSR count). The maximum Gasteiger partial charge on any atom is 0.334 e. The minimum Gasteiger partial charge on any atom is -0.497 e. The van der Waals surface area contributed by atoms with E-state index in [1.807, 2.05) is 26.2 Å². The van der Waals surface area contributed by atoms with E-state index >= 15 is 0 Å². The molecule has 0 aliphatic carbocycles. The zero-order chi connectivity index (χ0) is 41.5. The molecule has 312 valence electrons. The minimum atomic E-state index is -2.20. The van der Waals surface area contributed by atoms with Crippen molar-refractivity contribution in [2.24, 2.45) is 27.7 Å². The van der Waals surface area contributed by atoms with Crippen LogP contribution < -0.4 is 4.74 Å². The number of rotatable bonds is 21. The van der Waals surface area contributed by atoms with Gasteiger partial charge < -0.3 is 23.4 Å². The van der Waals surface area contributed by atoms with Crippen molar-refractivity contribution in [2.75, 3.05) is 32.3 Å². The molecule has 0 bridgehead atoms. The second-order valence-corrected chi connectivity index (χ2v) is 25.0. The first-order valence-corrected chi connectivity index (χ1v) is 25.7. The molecular formula is C43H67N3O6S3Si. The van der Waals surface area contributed by atoms with Gasteiger partial charge in [-0.15, -0.1) is 34.9 Å². The van der Waals surface area contributed by atoms with Gasteiger partial charge in [-0.2, -0.15) is 0 Å². The summed E-state index contributed by atoms with van der Waals surface area (Å²) in [4.78, 5) is 27.9. The number of aliphatic imine (C=N–C) groups is 2. The summed E-state index contributed by atoms with van der Waals surface area (Å²) in [6.45, 7) is 29.0. The minimum absolute atomic E-state index is 0.0109. The normalized spacial score (nSPS) is 23.4. The molecule has 13 heteroatoms. The smallest absolute Gasteiger partial charge is 0.334 e. The van der Waals surface area contributed by atoms with Gasteiger partial charge in [0, 0.05) is 42.3 Å². The molecule has 1 aromatic carbocycles. The lowest BCUT2D eigenvalue weighted by Crippen LogP contribution is -2.52. The molecular weight excluding hydrogens is 779 g/mol. The van der Waals surface area contributed by atoms with Crippen LogP contribution in [0.4, 0.5) is 0 Å². The molecule has 0 saturated heterocycles. The highest BCUT2D eigenvalue weighted by Crippen LogP contribution is 2.43. The van der Waals surface area contributed by atoms with E-state index < -0.39 is 19.4 Å². The second kappa shape index (κ2) is 19.8. The van der Waals surface area contributed by atoms with Gasteiger partial charge in [0.2, 0.25) is 0 Å². The number of esters is 1. The summed E-state index contributed by atoms with van der Waals surface area (Å²) in [6.07, 6.45) is 4.17. The van der Waals surface area contributed by atoms with Crippen LogP contribution in [0.1, 0.15) is 91.4 Å². The number of aromatic nitrogens is 1. The average Bonchev–Trinajstić information content (AvgIpc) is 3.91. The lowest BCUT2D eigenvalue weighted by molar-refractivity contribution is -0.147. The summed E-state index contributed by atoms with van der Waals surface area (Å²) in [5.41, 5.74) is 0.550. The largest absolute Gasteiger partial charge is 0.497 e. The molecule has 0 fully saturated rings. The first-order chi connectivity index (χ1) is 26.3. The first kappa shape index (κ1) is 46.7. The Labute approximate surface area is 350 Å². The highest BCUT2D eigenvalue weighted by molar-refractivity contribution is 8.16. The van der Waals surface area contributed by atoms with Gasteiger partial charge in [0.15, 0.2) is 13.9 Å². The number of hydrogen-bond acceptors (Lipinski definition) is 12. The maximum absolute atomic E-state index is 12.8. The molecule has 2 aliphatic heterocycles. The Morgan fingerprint density at radius 3 is 2.32 bits per heavy atom. The Morgan fingerprint density at radius 2 is 1.71 bits per heavy atom. The quantitative estimate of drug-likeness (QED) is 0.0691. The van der Waals surface area contributed by atoms with Crippen LogP contribution in [0.5, 0.6) is 5.75 Å². The molecule has 56 heavy (non-hydrogen) atoms. The second-order valence-electron chi connectivity index (χ2n) is 17.4. The number of ether oxygens (including phenoxy) is 4. The number of hydrogen-bond donors (Lipinski definition) is 0. The molecule has 8 atom stereocenters. The maximum atomic E-state index is 12.8. The number of carbonyl (C=O) groups is 1. The summed E-state index contributed by atoms with van der Waals surface area (Å²) < 4.78 is 31.4. The van der Waals surface area contributed by atoms with Crippen LogP contribution in [0, 0.1) is 17.8 Å². The molecule has 0 unspecified atom stereocenters. The van der Waals surface area contributed by atoms with E-state index in [2.05, 4.69) is 92.6 Å². The fourth-order valence-electron chi connectivity index (χ4n) is 7.04. The van der Waals surface area contributed by atoms with Crippen molar-refractivity contribution in [3.63, 3.8) is 0 Å². The van der Waals surface area contributed by atoms with E-state index in [0.29, 0.717) is 24.7 Å². The third-order valence-electron chi connectivity index (χ3n) is 11.6. The van der Waals surface area contributed by atoms with Gasteiger partial charge in [0.1, 0.15) is 28.6 Å². The molecule has 0 amide bonds. The number of thioether (sulfide) groups is 2. The van der Waals surface area contributed by atoms with Crippen LogP contribution in [-0.4, -0.2) is 91.1 Å². The molecule has 0 spiro atoms. The Kier molecular flexibility index (Phi) is 16.5. The molecule has 2 aromatic rings. The third-order valence-corrected chi connectivity index (χ3v) is 19.8. The zero-order valence-electron chi connectivity index (χ0n) is 36.1. The van der Waals surface area contributed by atoms with E-state index in [9.17, 15) is 4.79 Å². The van der Waals surface area contributed by atoms with Crippen molar-refractivity contribution in [3.8, 4) is 5.75 Å². The predicted molar refractivity (Wildman–Crippen MR) is 240 cm³/mol. The lowest BCUT2D eigenvalue weighted by atomic mass is 9.80. The monoisotopic (exact) mass is 845 g/mol. The van der Waals surface area contributed by atoms with Crippen LogP contribution in [-0.2, 0) is 36.5 Å². The fraction of sp³-hybridized carbons (Fsp3) is 0.674. The molecule has 9 nitrogen and oxygen atoms in total. The van der Waals surface area contributed by atoms with E-state index in [1.165, 1.54) is 0 Å². The van der Waals surface area contributed by atoms with Crippen LogP contribution in [0.2, 0.25) is 18.1 Å². The SMILES string of the molecule is C=CCOC(=O)[C@@]1(C)CSC([C@@]2(C)CSC(c3csc(C[C@H](OC)[C@H](C)[C@H](O[Si](C)(C)C(C)(C)C)[C@@H](C)[C@@H](OCc4ccc(OC)cc4)[C@H](C)CCC)n3)=N2)=N1. The summed E-state index contributed by atoms with van der Waals surface area (Å²) in [5.74, 6) is 2.29.